The molecule has 0 aliphatic carbocycles. The van der Waals surface area contributed by atoms with Crippen LogP contribution in [0.15, 0.2) is 0 Å². The normalized spacial score (nSPS) is 35.6. The number of amides is 1. The van der Waals surface area contributed by atoms with E-state index >= 15 is 0 Å². The first-order valence-electron chi connectivity index (χ1n) is 7.31. The molecule has 0 radical (unpaired) electrons. The second-order valence-electron chi connectivity index (χ2n) is 6.35. The molecule has 0 bridgehead atoms. The smallest absolute Gasteiger partial charge is 0.223 e. The molecule has 3 rings (SSSR count). The zero-order valence-corrected chi connectivity index (χ0v) is 11.3. The van der Waals surface area contributed by atoms with Crippen molar-refractivity contribution in [1.29, 1.82) is 0 Å². The van der Waals surface area contributed by atoms with E-state index in [-0.39, 0.29) is 11.5 Å². The Morgan fingerprint density at radius 3 is 2.83 bits per heavy atom. The van der Waals surface area contributed by atoms with Gasteiger partial charge in [0.15, 0.2) is 0 Å². The lowest BCUT2D eigenvalue weighted by molar-refractivity contribution is -0.129. The van der Waals surface area contributed by atoms with Crippen molar-refractivity contribution < 1.29 is 9.53 Å². The van der Waals surface area contributed by atoms with Crippen molar-refractivity contribution in [3.8, 4) is 0 Å². The average Bonchev–Trinajstić information content (AvgIpc) is 2.86. The van der Waals surface area contributed by atoms with E-state index in [0.717, 1.165) is 58.3 Å². The first-order chi connectivity index (χ1) is 8.67. The van der Waals surface area contributed by atoms with Crippen molar-refractivity contribution in [2.75, 3.05) is 26.2 Å². The molecule has 3 aliphatic rings. The summed E-state index contributed by atoms with van der Waals surface area (Å²) in [7, 11) is 0. The molecule has 3 aliphatic heterocycles. The highest BCUT2D eigenvalue weighted by atomic mass is 16.5. The van der Waals surface area contributed by atoms with E-state index in [1.807, 2.05) is 0 Å². The second-order valence-corrected chi connectivity index (χ2v) is 6.35. The quantitative estimate of drug-likeness (QED) is 0.802. The summed E-state index contributed by atoms with van der Waals surface area (Å²) < 4.78 is 5.84. The Bertz CT molecular complexity index is 326. The summed E-state index contributed by atoms with van der Waals surface area (Å²) in [5, 5.41) is 3.39. The average molecular weight is 252 g/mol. The number of ether oxygens (including phenoxy) is 1. The van der Waals surface area contributed by atoms with E-state index in [4.69, 9.17) is 4.74 Å². The van der Waals surface area contributed by atoms with Gasteiger partial charge in [0.05, 0.1) is 12.2 Å². The van der Waals surface area contributed by atoms with Crippen LogP contribution in [0.2, 0.25) is 0 Å². The Labute approximate surface area is 109 Å². The van der Waals surface area contributed by atoms with Crippen molar-refractivity contribution in [3.05, 3.63) is 0 Å². The molecule has 1 amide bonds. The maximum atomic E-state index is 12.2. The summed E-state index contributed by atoms with van der Waals surface area (Å²) in [6, 6.07) is 0. The van der Waals surface area contributed by atoms with Crippen LogP contribution in [0.1, 0.15) is 39.0 Å². The number of nitrogens with one attached hydrogen (secondary N) is 1. The zero-order chi connectivity index (χ0) is 12.6. The highest BCUT2D eigenvalue weighted by Gasteiger charge is 2.44. The third-order valence-corrected chi connectivity index (χ3v) is 4.81. The first kappa shape index (κ1) is 12.4. The van der Waals surface area contributed by atoms with E-state index in [1.165, 1.54) is 0 Å². The lowest BCUT2D eigenvalue weighted by atomic mass is 9.78. The largest absolute Gasteiger partial charge is 0.373 e. The zero-order valence-electron chi connectivity index (χ0n) is 11.3. The third-order valence-electron chi connectivity index (χ3n) is 4.81. The summed E-state index contributed by atoms with van der Waals surface area (Å²) in [4.78, 5) is 14.2. The van der Waals surface area contributed by atoms with Crippen LogP contribution in [-0.4, -0.2) is 49.2 Å². The molecule has 4 nitrogen and oxygen atoms in total. The molecule has 3 saturated heterocycles. The molecule has 0 aromatic rings. The number of hydrogen-bond donors (Lipinski definition) is 1. The van der Waals surface area contributed by atoms with Gasteiger partial charge in [0.25, 0.3) is 0 Å². The summed E-state index contributed by atoms with van der Waals surface area (Å²) in [5.41, 5.74) is 0.270. The van der Waals surface area contributed by atoms with E-state index in [9.17, 15) is 4.79 Å². The Hall–Kier alpha value is -0.610. The molecule has 4 heteroatoms. The van der Waals surface area contributed by atoms with Gasteiger partial charge in [-0.2, -0.15) is 0 Å². The molecule has 3 fully saturated rings. The second kappa shape index (κ2) is 4.82. The van der Waals surface area contributed by atoms with Crippen LogP contribution >= 0.6 is 0 Å². The topological polar surface area (TPSA) is 41.6 Å². The fraction of sp³-hybridized carbons (Fsp3) is 0.929. The van der Waals surface area contributed by atoms with Crippen LogP contribution in [0.25, 0.3) is 0 Å². The number of hydrogen-bond acceptors (Lipinski definition) is 3. The van der Waals surface area contributed by atoms with Crippen molar-refractivity contribution >= 4 is 5.91 Å². The Balaban J connectivity index is 1.58. The van der Waals surface area contributed by atoms with Gasteiger partial charge in [-0.25, -0.2) is 0 Å². The highest BCUT2D eigenvalue weighted by molar-refractivity contribution is 5.79. The van der Waals surface area contributed by atoms with Crippen LogP contribution in [0, 0.1) is 5.41 Å². The van der Waals surface area contributed by atoms with Crippen molar-refractivity contribution in [3.63, 3.8) is 0 Å². The molecule has 0 aromatic carbocycles. The summed E-state index contributed by atoms with van der Waals surface area (Å²) in [5.74, 6) is 0.347. The van der Waals surface area contributed by atoms with E-state index < -0.39 is 0 Å². The van der Waals surface area contributed by atoms with E-state index in [1.54, 1.807) is 0 Å². The Morgan fingerprint density at radius 2 is 2.17 bits per heavy atom. The fourth-order valence-corrected chi connectivity index (χ4v) is 3.71. The summed E-state index contributed by atoms with van der Waals surface area (Å²) in [6.45, 7) is 6.04. The van der Waals surface area contributed by atoms with E-state index in [2.05, 4.69) is 17.1 Å². The highest BCUT2D eigenvalue weighted by Crippen LogP contribution is 2.39. The minimum Gasteiger partial charge on any atom is -0.373 e. The van der Waals surface area contributed by atoms with Gasteiger partial charge in [0, 0.05) is 19.5 Å². The number of rotatable bonds is 2. The number of piperidine rings is 1. The number of carbonyl (C=O) groups excluding carboxylic acids is 1. The van der Waals surface area contributed by atoms with Crippen molar-refractivity contribution in [2.24, 2.45) is 5.41 Å². The molecule has 2 atom stereocenters. The van der Waals surface area contributed by atoms with Gasteiger partial charge in [0.2, 0.25) is 5.91 Å². The van der Waals surface area contributed by atoms with E-state index in [0.29, 0.717) is 12.0 Å². The predicted molar refractivity (Wildman–Crippen MR) is 69.3 cm³/mol. The Morgan fingerprint density at radius 1 is 1.39 bits per heavy atom. The molecule has 18 heavy (non-hydrogen) atoms. The van der Waals surface area contributed by atoms with Gasteiger partial charge < -0.3 is 15.0 Å². The molecule has 1 spiro atoms. The molecule has 3 heterocycles. The van der Waals surface area contributed by atoms with Gasteiger partial charge in [0.1, 0.15) is 0 Å². The molecular weight excluding hydrogens is 228 g/mol. The summed E-state index contributed by atoms with van der Waals surface area (Å²) in [6.07, 6.45) is 5.97. The fourth-order valence-electron chi connectivity index (χ4n) is 3.71. The Kier molecular flexibility index (Phi) is 3.32. The van der Waals surface area contributed by atoms with Gasteiger partial charge in [-0.05, 0) is 51.1 Å². The maximum Gasteiger partial charge on any atom is 0.223 e. The number of carbonyl (C=O) groups is 1. The minimum absolute atomic E-state index is 0.270. The van der Waals surface area contributed by atoms with Crippen LogP contribution in [0.4, 0.5) is 0 Å². The third kappa shape index (κ3) is 2.41. The molecule has 2 unspecified atom stereocenters. The van der Waals surface area contributed by atoms with Crippen LogP contribution in [-0.2, 0) is 9.53 Å². The van der Waals surface area contributed by atoms with Crippen molar-refractivity contribution in [2.45, 2.75) is 51.2 Å². The lowest BCUT2D eigenvalue weighted by Crippen LogP contribution is -2.40. The minimum atomic E-state index is 0.270. The monoisotopic (exact) mass is 252 g/mol. The molecule has 102 valence electrons. The van der Waals surface area contributed by atoms with Crippen LogP contribution < -0.4 is 5.32 Å². The number of nitrogens with zero attached hydrogens (tertiary/aromatic N) is 1. The van der Waals surface area contributed by atoms with Crippen molar-refractivity contribution in [1.82, 2.24) is 10.2 Å². The molecular formula is C14H24N2O2. The first-order valence-corrected chi connectivity index (χ1v) is 7.31. The van der Waals surface area contributed by atoms with Crippen LogP contribution in [0.3, 0.4) is 0 Å². The van der Waals surface area contributed by atoms with Gasteiger partial charge in [-0.15, -0.1) is 0 Å². The molecule has 0 saturated carbocycles. The lowest BCUT2D eigenvalue weighted by Gasteiger charge is -2.33. The van der Waals surface area contributed by atoms with Gasteiger partial charge in [-0.3, -0.25) is 4.79 Å². The maximum absolute atomic E-state index is 12.2. The molecule has 1 N–H and O–H groups in total. The number of likely N-dealkylation sites (tertiary alicyclic amines) is 1. The van der Waals surface area contributed by atoms with Gasteiger partial charge >= 0.3 is 0 Å². The predicted octanol–water partition coefficient (Wildman–Crippen LogP) is 1.16. The van der Waals surface area contributed by atoms with Gasteiger partial charge in [-0.1, -0.05) is 0 Å². The summed E-state index contributed by atoms with van der Waals surface area (Å²) >= 11 is 0. The van der Waals surface area contributed by atoms with Crippen LogP contribution in [0.5, 0.6) is 0 Å². The standard InChI is InChI=1S/C14H24N2O2/c1-11-2-3-12(18-11)9-16-10-14(8-13(16)17)4-6-15-7-5-14/h11-12,15H,2-10H2,1H3. The molecule has 0 aromatic heterocycles. The SMILES string of the molecule is CC1CCC(CN2CC3(CCNCC3)CC2=O)O1.